The van der Waals surface area contributed by atoms with E-state index in [9.17, 15) is 19.4 Å². The van der Waals surface area contributed by atoms with E-state index in [1.807, 2.05) is 36.4 Å². The van der Waals surface area contributed by atoms with Crippen molar-refractivity contribution in [2.45, 2.75) is 93.9 Å². The summed E-state index contributed by atoms with van der Waals surface area (Å²) in [6, 6.07) is 11.2. The first-order chi connectivity index (χ1) is 18.5. The molecule has 0 amide bonds. The Bertz CT molecular complexity index is 1390. The van der Waals surface area contributed by atoms with Gasteiger partial charge in [-0.1, -0.05) is 95.2 Å². The van der Waals surface area contributed by atoms with Gasteiger partial charge in [0, 0.05) is 26.8 Å². The lowest BCUT2D eigenvalue weighted by atomic mass is 9.70. The van der Waals surface area contributed by atoms with Crippen LogP contribution < -0.4 is 4.52 Å². The van der Waals surface area contributed by atoms with Crippen LogP contribution >= 0.6 is 8.25 Å². The van der Waals surface area contributed by atoms with Crippen molar-refractivity contribution in [1.82, 2.24) is 0 Å². The van der Waals surface area contributed by atoms with Gasteiger partial charge in [0.1, 0.15) is 5.75 Å². The van der Waals surface area contributed by atoms with Gasteiger partial charge in [-0.05, 0) is 80.4 Å². The number of Topliss-reactive ketones (excluding diaryl/α,β-unsaturated/α-hetero) is 1. The molecule has 0 aromatic heterocycles. The molecule has 0 spiro atoms. The van der Waals surface area contributed by atoms with E-state index >= 15 is 0 Å². The normalized spacial score (nSPS) is 15.4. The largest absolute Gasteiger partial charge is 0.747 e. The van der Waals surface area contributed by atoms with Gasteiger partial charge in [-0.2, -0.15) is 0 Å². The minimum absolute atomic E-state index is 0.0556. The smallest absolute Gasteiger partial charge is 0.507 e. The van der Waals surface area contributed by atoms with E-state index in [1.165, 1.54) is 0 Å². The second kappa shape index (κ2) is 11.0. The highest BCUT2D eigenvalue weighted by Gasteiger charge is 2.35. The van der Waals surface area contributed by atoms with Crippen LogP contribution in [-0.2, 0) is 20.2 Å². The van der Waals surface area contributed by atoms with Gasteiger partial charge in [-0.15, -0.1) is 4.89 Å². The molecule has 3 rings (SSSR count). The Labute approximate surface area is 247 Å². The average Bonchev–Trinajstić information content (AvgIpc) is 2.78. The number of ketones is 1. The molecule has 0 aliphatic heterocycles. The molecule has 6 heteroatoms. The summed E-state index contributed by atoms with van der Waals surface area (Å²) in [5, 5.41) is 11.4. The molecule has 5 nitrogen and oxygen atoms in total. The number of phenolic OH excluding ortho intramolecular Hbond substituents is 1. The molecule has 1 atom stereocenters. The Balaban J connectivity index is 2.55. The van der Waals surface area contributed by atoms with E-state index in [0.717, 1.165) is 44.5 Å². The Kier molecular flexibility index (Phi) is 8.72. The molecule has 1 aliphatic rings. The molecule has 2 N–H and O–H groups in total. The van der Waals surface area contributed by atoms with Crippen LogP contribution in [0.5, 0.6) is 11.5 Å². The minimum atomic E-state index is -2.79. The van der Waals surface area contributed by atoms with Crippen molar-refractivity contribution in [1.29, 1.82) is 0 Å². The maximum Gasteiger partial charge on any atom is 0.747 e. The Hall–Kier alpha value is -3.01. The zero-order valence-electron chi connectivity index (χ0n) is 26.7. The third kappa shape index (κ3) is 7.26. The topological polar surface area (TPSA) is 83.8 Å². The predicted octanol–water partition coefficient (Wildman–Crippen LogP) is 9.35. The van der Waals surface area contributed by atoms with Crippen LogP contribution in [0.4, 0.5) is 0 Å². The van der Waals surface area contributed by atoms with Gasteiger partial charge in [-0.3, -0.25) is 4.79 Å². The van der Waals surface area contributed by atoms with Gasteiger partial charge < -0.3 is 5.11 Å². The molecule has 0 saturated carbocycles. The number of phenols is 1. The van der Waals surface area contributed by atoms with Crippen molar-refractivity contribution >= 4 is 19.6 Å². The van der Waals surface area contributed by atoms with Crippen LogP contribution in [0.2, 0.25) is 0 Å². The minimum Gasteiger partial charge on any atom is -0.507 e. The molecule has 220 valence electrons. The average molecular weight is 578 g/mol. The summed E-state index contributed by atoms with van der Waals surface area (Å²) in [5.41, 5.74) is 5.28. The van der Waals surface area contributed by atoms with Crippen LogP contribution in [0.1, 0.15) is 105 Å². The summed E-state index contributed by atoms with van der Waals surface area (Å²) < 4.78 is 16.3. The molecule has 2 aromatic rings. The number of rotatable bonds is 4. The molecule has 1 unspecified atom stereocenters. The van der Waals surface area contributed by atoms with E-state index in [4.69, 9.17) is 4.52 Å². The number of carbonyl (C=O) groups excluding carboxylic acids is 1. The van der Waals surface area contributed by atoms with Crippen LogP contribution in [0.25, 0.3) is 5.57 Å². The van der Waals surface area contributed by atoms with E-state index in [0.29, 0.717) is 5.75 Å². The third-order valence-electron chi connectivity index (χ3n) is 7.33. The summed E-state index contributed by atoms with van der Waals surface area (Å²) in [7, 11) is -2.79. The highest BCUT2D eigenvalue weighted by Crippen LogP contribution is 2.45. The maximum absolute atomic E-state index is 13.8. The van der Waals surface area contributed by atoms with Crippen molar-refractivity contribution in [3.05, 3.63) is 87.5 Å². The maximum atomic E-state index is 13.8. The molecule has 41 heavy (non-hydrogen) atoms. The highest BCUT2D eigenvalue weighted by molar-refractivity contribution is 7.32. The molecule has 0 radical (unpaired) electrons. The molecule has 2 aromatic carbocycles. The second-order valence-electron chi connectivity index (χ2n) is 15.0. The quantitative estimate of drug-likeness (QED) is 0.354. The zero-order valence-corrected chi connectivity index (χ0v) is 27.6. The summed E-state index contributed by atoms with van der Waals surface area (Å²) in [4.78, 5) is 23.0. The SMILES string of the molecule is CC(C)(C)C1=CC(=C(c2ccc(O[P+](=O)O)cc2)c2cc(C(C)(C)C)c(O)c(C(C)(C)C)c2)C=C(C(C)(C)C)C1=O. The Morgan fingerprint density at radius 1 is 0.683 bits per heavy atom. The number of hydrogen-bond acceptors (Lipinski definition) is 4. The van der Waals surface area contributed by atoms with Gasteiger partial charge in [0.25, 0.3) is 0 Å². The van der Waals surface area contributed by atoms with Gasteiger partial charge in [0.2, 0.25) is 0 Å². The lowest BCUT2D eigenvalue weighted by Crippen LogP contribution is -2.28. The molecular formula is C35H46O5P+. The summed E-state index contributed by atoms with van der Waals surface area (Å²) >= 11 is 0. The molecular weight excluding hydrogens is 531 g/mol. The van der Waals surface area contributed by atoms with Crippen molar-refractivity contribution in [3.8, 4) is 11.5 Å². The van der Waals surface area contributed by atoms with Gasteiger partial charge in [0.05, 0.1) is 0 Å². The lowest BCUT2D eigenvalue weighted by molar-refractivity contribution is -0.114. The standard InChI is InChI=1S/C35H45O5P/c1-32(2,3)25-17-22(18-26(30(25)36)33(4,5)6)29(21-13-15-24(16-14-21)40-41(38)39)23-19-27(34(7,8)9)31(37)28(20-23)35(10,11)12/h13-20H,1-12H3,(H-,36,37,38,39)/p+1. The first kappa shape index (κ1) is 32.5. The molecule has 0 saturated heterocycles. The molecule has 0 fully saturated rings. The number of benzene rings is 2. The van der Waals surface area contributed by atoms with Gasteiger partial charge >= 0.3 is 8.25 Å². The number of aromatic hydroxyl groups is 1. The predicted molar refractivity (Wildman–Crippen MR) is 169 cm³/mol. The number of hydrogen-bond donors (Lipinski definition) is 2. The van der Waals surface area contributed by atoms with Crippen LogP contribution in [0, 0.1) is 10.8 Å². The first-order valence-corrected chi connectivity index (χ1v) is 15.2. The van der Waals surface area contributed by atoms with Gasteiger partial charge in [-0.25, -0.2) is 4.52 Å². The fraction of sp³-hybridized carbons (Fsp3) is 0.457. The molecule has 0 heterocycles. The first-order valence-electron chi connectivity index (χ1n) is 14.1. The van der Waals surface area contributed by atoms with Crippen molar-refractivity contribution in [3.63, 3.8) is 0 Å². The van der Waals surface area contributed by atoms with Crippen LogP contribution in [0.15, 0.2) is 65.3 Å². The molecule has 0 bridgehead atoms. The fourth-order valence-electron chi connectivity index (χ4n) is 5.08. The summed E-state index contributed by atoms with van der Waals surface area (Å²) in [6.45, 7) is 24.8. The van der Waals surface area contributed by atoms with Gasteiger partial charge in [0.15, 0.2) is 11.5 Å². The van der Waals surface area contributed by atoms with E-state index in [2.05, 4.69) is 83.1 Å². The van der Waals surface area contributed by atoms with Crippen molar-refractivity contribution in [2.24, 2.45) is 10.8 Å². The lowest BCUT2D eigenvalue weighted by Gasteiger charge is -2.32. The Morgan fingerprint density at radius 2 is 1.10 bits per heavy atom. The zero-order chi connectivity index (χ0) is 31.3. The monoisotopic (exact) mass is 577 g/mol. The number of allylic oxidation sites excluding steroid dienone is 5. The van der Waals surface area contributed by atoms with Crippen molar-refractivity contribution < 1.29 is 23.9 Å². The fourth-order valence-corrected chi connectivity index (χ4v) is 5.38. The van der Waals surface area contributed by atoms with E-state index in [-0.39, 0.29) is 33.2 Å². The van der Waals surface area contributed by atoms with Crippen LogP contribution in [0.3, 0.4) is 0 Å². The summed E-state index contributed by atoms with van der Waals surface area (Å²) in [6.07, 6.45) is 4.00. The summed E-state index contributed by atoms with van der Waals surface area (Å²) in [5.74, 6) is 0.637. The van der Waals surface area contributed by atoms with E-state index < -0.39 is 8.25 Å². The number of carbonyl (C=O) groups is 1. The van der Waals surface area contributed by atoms with E-state index in [1.54, 1.807) is 12.1 Å². The second-order valence-corrected chi connectivity index (χ2v) is 15.7. The third-order valence-corrected chi connectivity index (χ3v) is 7.70. The van der Waals surface area contributed by atoms with Crippen molar-refractivity contribution in [2.75, 3.05) is 0 Å². The Morgan fingerprint density at radius 3 is 1.44 bits per heavy atom. The highest BCUT2D eigenvalue weighted by atomic mass is 31.1. The van der Waals surface area contributed by atoms with Crippen LogP contribution in [-0.4, -0.2) is 15.8 Å². The molecule has 1 aliphatic carbocycles.